The summed E-state index contributed by atoms with van der Waals surface area (Å²) in [5.74, 6) is -1.13. The topological polar surface area (TPSA) is 71.4 Å². The lowest BCUT2D eigenvalue weighted by Crippen LogP contribution is -2.58. The summed E-state index contributed by atoms with van der Waals surface area (Å²) < 4.78 is 2.12. The number of carbonyl (C=O) groups excluding carboxylic acids is 3. The van der Waals surface area contributed by atoms with Crippen LogP contribution in [-0.2, 0) is 16.1 Å². The van der Waals surface area contributed by atoms with Crippen LogP contribution in [0.2, 0.25) is 0 Å². The van der Waals surface area contributed by atoms with Gasteiger partial charge in [0.15, 0.2) is 0 Å². The average Bonchev–Trinajstić information content (AvgIpc) is 3.15. The molecule has 1 aliphatic heterocycles. The van der Waals surface area contributed by atoms with E-state index in [4.69, 9.17) is 0 Å². The van der Waals surface area contributed by atoms with Gasteiger partial charge in [-0.1, -0.05) is 67.8 Å². The number of amides is 4. The van der Waals surface area contributed by atoms with Crippen LogP contribution in [0.5, 0.6) is 0 Å². The zero-order chi connectivity index (χ0) is 22.1. The van der Waals surface area contributed by atoms with Crippen molar-refractivity contribution in [3.05, 3.63) is 77.5 Å². The smallest absolute Gasteiger partial charge is 0.331 e. The molecule has 1 aliphatic carbocycles. The maximum atomic E-state index is 13.3. The Labute approximate surface area is 186 Å². The zero-order valence-electron chi connectivity index (χ0n) is 17.8. The number of hydrogen-bond acceptors (Lipinski definition) is 3. The molecule has 162 valence electrons. The molecule has 1 saturated carbocycles. The van der Waals surface area contributed by atoms with Gasteiger partial charge in [0.25, 0.3) is 11.8 Å². The first-order valence-corrected chi connectivity index (χ1v) is 11.1. The van der Waals surface area contributed by atoms with Crippen molar-refractivity contribution in [1.29, 1.82) is 0 Å². The summed E-state index contributed by atoms with van der Waals surface area (Å²) >= 11 is 0. The minimum absolute atomic E-state index is 0.0118. The summed E-state index contributed by atoms with van der Waals surface area (Å²) in [5.41, 5.74) is 2.98. The van der Waals surface area contributed by atoms with Crippen LogP contribution in [0.1, 0.15) is 43.2 Å². The van der Waals surface area contributed by atoms with Gasteiger partial charge < -0.3 is 4.57 Å². The van der Waals surface area contributed by atoms with Crippen LogP contribution < -0.4 is 5.32 Å². The number of rotatable bonds is 4. The zero-order valence-corrected chi connectivity index (χ0v) is 17.8. The molecule has 4 amide bonds. The van der Waals surface area contributed by atoms with Gasteiger partial charge in [0.1, 0.15) is 5.57 Å². The first-order valence-electron chi connectivity index (χ1n) is 11.1. The molecule has 6 nitrogen and oxygen atoms in total. The number of barbiturate groups is 1. The molecule has 32 heavy (non-hydrogen) atoms. The van der Waals surface area contributed by atoms with Gasteiger partial charge in [0.05, 0.1) is 0 Å². The van der Waals surface area contributed by atoms with Gasteiger partial charge in [-0.3, -0.25) is 19.8 Å². The third kappa shape index (κ3) is 3.73. The predicted octanol–water partition coefficient (Wildman–Crippen LogP) is 4.48. The van der Waals surface area contributed by atoms with Gasteiger partial charge in [0.2, 0.25) is 0 Å². The van der Waals surface area contributed by atoms with E-state index in [1.165, 1.54) is 4.90 Å². The van der Waals surface area contributed by atoms with E-state index in [1.807, 2.05) is 48.7 Å². The van der Waals surface area contributed by atoms with Crippen LogP contribution >= 0.6 is 0 Å². The summed E-state index contributed by atoms with van der Waals surface area (Å²) in [4.78, 5) is 39.6. The fourth-order valence-electron chi connectivity index (χ4n) is 4.80. The number of benzene rings is 2. The lowest BCUT2D eigenvalue weighted by molar-refractivity contribution is -0.132. The Morgan fingerprint density at radius 2 is 1.62 bits per heavy atom. The van der Waals surface area contributed by atoms with E-state index in [1.54, 1.807) is 6.08 Å². The van der Waals surface area contributed by atoms with Crippen molar-refractivity contribution in [3.63, 3.8) is 0 Å². The molecule has 0 bridgehead atoms. The molecule has 1 N–H and O–H groups in total. The van der Waals surface area contributed by atoms with Crippen LogP contribution in [0.25, 0.3) is 17.0 Å². The molecule has 0 radical (unpaired) electrons. The normalized spacial score (nSPS) is 19.1. The van der Waals surface area contributed by atoms with Crippen LogP contribution in [-0.4, -0.2) is 33.4 Å². The van der Waals surface area contributed by atoms with Crippen molar-refractivity contribution in [3.8, 4) is 0 Å². The van der Waals surface area contributed by atoms with Gasteiger partial charge in [0, 0.05) is 35.2 Å². The second kappa shape index (κ2) is 8.46. The van der Waals surface area contributed by atoms with Crippen LogP contribution in [0.3, 0.4) is 0 Å². The summed E-state index contributed by atoms with van der Waals surface area (Å²) in [7, 11) is 0. The third-order valence-electron chi connectivity index (χ3n) is 6.39. The Bertz CT molecular complexity index is 1220. The molecule has 0 atom stereocenters. The van der Waals surface area contributed by atoms with Crippen LogP contribution in [0.15, 0.2) is 66.4 Å². The van der Waals surface area contributed by atoms with Crippen molar-refractivity contribution >= 4 is 34.8 Å². The molecule has 2 heterocycles. The van der Waals surface area contributed by atoms with Crippen molar-refractivity contribution in [2.24, 2.45) is 0 Å². The Morgan fingerprint density at radius 1 is 0.906 bits per heavy atom. The molecule has 2 fully saturated rings. The van der Waals surface area contributed by atoms with E-state index in [0.717, 1.165) is 54.1 Å². The summed E-state index contributed by atoms with van der Waals surface area (Å²) in [6, 6.07) is 17.3. The molecule has 0 unspecified atom stereocenters. The highest BCUT2D eigenvalue weighted by Crippen LogP contribution is 2.29. The predicted molar refractivity (Wildman–Crippen MR) is 123 cm³/mol. The molecule has 3 aromatic rings. The largest absolute Gasteiger partial charge is 0.342 e. The lowest BCUT2D eigenvalue weighted by atomic mass is 9.93. The monoisotopic (exact) mass is 427 g/mol. The molecular weight excluding hydrogens is 402 g/mol. The first kappa shape index (κ1) is 20.2. The van der Waals surface area contributed by atoms with E-state index in [-0.39, 0.29) is 11.6 Å². The van der Waals surface area contributed by atoms with E-state index in [0.29, 0.717) is 6.54 Å². The molecule has 5 rings (SSSR count). The van der Waals surface area contributed by atoms with Gasteiger partial charge in [-0.05, 0) is 30.5 Å². The quantitative estimate of drug-likeness (QED) is 0.493. The molecule has 0 spiro atoms. The van der Waals surface area contributed by atoms with Crippen LogP contribution in [0, 0.1) is 0 Å². The van der Waals surface area contributed by atoms with E-state index < -0.39 is 17.8 Å². The second-order valence-corrected chi connectivity index (χ2v) is 8.50. The maximum absolute atomic E-state index is 13.3. The number of imide groups is 2. The Balaban J connectivity index is 1.53. The average molecular weight is 428 g/mol. The number of nitrogens with one attached hydrogen (secondary N) is 1. The Hall–Kier alpha value is -3.67. The number of para-hydroxylation sites is 1. The number of hydrogen-bond donors (Lipinski definition) is 1. The maximum Gasteiger partial charge on any atom is 0.331 e. The van der Waals surface area contributed by atoms with Crippen molar-refractivity contribution < 1.29 is 14.4 Å². The summed E-state index contributed by atoms with van der Waals surface area (Å²) in [5, 5.41) is 3.33. The highest BCUT2D eigenvalue weighted by atomic mass is 16.2. The molecule has 2 aromatic carbocycles. The summed E-state index contributed by atoms with van der Waals surface area (Å²) in [6.45, 7) is 0.678. The third-order valence-corrected chi connectivity index (χ3v) is 6.39. The highest BCUT2D eigenvalue weighted by molar-refractivity contribution is 6.31. The summed E-state index contributed by atoms with van der Waals surface area (Å²) in [6.07, 6.45) is 8.26. The van der Waals surface area contributed by atoms with E-state index in [9.17, 15) is 14.4 Å². The Morgan fingerprint density at radius 3 is 2.41 bits per heavy atom. The van der Waals surface area contributed by atoms with Gasteiger partial charge in [-0.25, -0.2) is 4.79 Å². The number of aromatic nitrogens is 1. The lowest BCUT2D eigenvalue weighted by Gasteiger charge is -2.35. The minimum atomic E-state index is -0.632. The molecular formula is C26H25N3O3. The highest BCUT2D eigenvalue weighted by Gasteiger charge is 2.40. The number of urea groups is 1. The van der Waals surface area contributed by atoms with E-state index >= 15 is 0 Å². The molecule has 6 heteroatoms. The van der Waals surface area contributed by atoms with E-state index in [2.05, 4.69) is 22.0 Å². The fourth-order valence-corrected chi connectivity index (χ4v) is 4.80. The standard InChI is InChI=1S/C26H25N3O3/c30-24-22(25(31)29(26(32)27-24)20-11-5-2-6-12-20)15-19-17-28(16-18-9-3-1-4-10-18)23-14-8-7-13-21(19)23/h1,3-4,7-10,13-15,17,20H,2,5-6,11-12,16H2,(H,27,30,32)/b22-15+. The van der Waals surface area contributed by atoms with Gasteiger partial charge in [-0.2, -0.15) is 0 Å². The molecule has 1 aromatic heterocycles. The molecule has 2 aliphatic rings. The number of carbonyl (C=O) groups is 3. The first-order chi connectivity index (χ1) is 15.6. The minimum Gasteiger partial charge on any atom is -0.342 e. The van der Waals surface area contributed by atoms with Crippen molar-refractivity contribution in [2.45, 2.75) is 44.7 Å². The van der Waals surface area contributed by atoms with Crippen molar-refractivity contribution in [2.75, 3.05) is 0 Å². The second-order valence-electron chi connectivity index (χ2n) is 8.50. The van der Waals surface area contributed by atoms with Gasteiger partial charge >= 0.3 is 6.03 Å². The number of fused-ring (bicyclic) bond motifs is 1. The molecule has 1 saturated heterocycles. The SMILES string of the molecule is O=C1NC(=O)N(C2CCCCC2)C(=O)/C1=C/c1cn(Cc2ccccc2)c2ccccc12. The van der Waals surface area contributed by atoms with Crippen molar-refractivity contribution in [1.82, 2.24) is 14.8 Å². The fraction of sp³-hybridized carbons (Fsp3) is 0.269. The number of nitrogens with zero attached hydrogens (tertiary/aromatic N) is 2. The van der Waals surface area contributed by atoms with Gasteiger partial charge in [-0.15, -0.1) is 0 Å². The Kier molecular flexibility index (Phi) is 5.35. The van der Waals surface area contributed by atoms with Crippen LogP contribution in [0.4, 0.5) is 4.79 Å².